The number of aromatic nitrogens is 2. The Morgan fingerprint density at radius 2 is 2.15 bits per heavy atom. The third-order valence-corrected chi connectivity index (χ3v) is 4.71. The van der Waals surface area contributed by atoms with Gasteiger partial charge in [-0.05, 0) is 19.1 Å². The molecule has 2 aromatic rings. The maximum atomic E-state index is 12.9. The first kappa shape index (κ1) is 14.3. The SMILES string of the molecule is Cc1nc(F)ccc1S(=O)(=O)N(C(=O)O)c1cscn1. The van der Waals surface area contributed by atoms with E-state index in [0.717, 1.165) is 23.5 Å². The predicted molar refractivity (Wildman–Crippen MR) is 68.7 cm³/mol. The summed E-state index contributed by atoms with van der Waals surface area (Å²) in [5.41, 5.74) is 1.17. The van der Waals surface area contributed by atoms with E-state index >= 15 is 0 Å². The molecule has 0 aliphatic heterocycles. The van der Waals surface area contributed by atoms with Gasteiger partial charge in [-0.1, -0.05) is 0 Å². The first-order valence-electron chi connectivity index (χ1n) is 5.13. The zero-order valence-electron chi connectivity index (χ0n) is 10.0. The van der Waals surface area contributed by atoms with Gasteiger partial charge in [-0.25, -0.2) is 23.2 Å². The highest BCUT2D eigenvalue weighted by molar-refractivity contribution is 7.93. The molecular weight excluding hydrogens is 309 g/mol. The van der Waals surface area contributed by atoms with Gasteiger partial charge in [0.25, 0.3) is 10.0 Å². The van der Waals surface area contributed by atoms with Crippen LogP contribution < -0.4 is 4.31 Å². The maximum Gasteiger partial charge on any atom is 0.427 e. The van der Waals surface area contributed by atoms with Gasteiger partial charge in [-0.2, -0.15) is 4.39 Å². The number of hydrogen-bond acceptors (Lipinski definition) is 6. The van der Waals surface area contributed by atoms with Gasteiger partial charge in [0, 0.05) is 5.38 Å². The van der Waals surface area contributed by atoms with Crippen molar-refractivity contribution in [2.24, 2.45) is 0 Å². The van der Waals surface area contributed by atoms with Crippen LogP contribution in [-0.4, -0.2) is 29.6 Å². The fourth-order valence-corrected chi connectivity index (χ4v) is 3.51. The first-order valence-corrected chi connectivity index (χ1v) is 7.52. The summed E-state index contributed by atoms with van der Waals surface area (Å²) in [5, 5.41) is 10.4. The number of carboxylic acid groups (broad SMARTS) is 1. The summed E-state index contributed by atoms with van der Waals surface area (Å²) in [5.74, 6) is -1.09. The Kier molecular flexibility index (Phi) is 3.68. The Morgan fingerprint density at radius 1 is 1.45 bits per heavy atom. The molecule has 2 heterocycles. The molecule has 0 aliphatic rings. The van der Waals surface area contributed by atoms with Crippen LogP contribution in [0.1, 0.15) is 5.69 Å². The molecule has 10 heteroatoms. The van der Waals surface area contributed by atoms with Gasteiger partial charge in [0.2, 0.25) is 5.95 Å². The standard InChI is InChI=1S/C10H8FN3O4S2/c1-6-7(2-3-8(11)13-6)20(17,18)14(10(15)16)9-4-19-5-12-9/h2-5H,1H3,(H,15,16). The Labute approximate surface area is 117 Å². The molecule has 0 saturated carbocycles. The van der Waals surface area contributed by atoms with E-state index in [4.69, 9.17) is 5.11 Å². The van der Waals surface area contributed by atoms with Crippen molar-refractivity contribution in [3.05, 3.63) is 34.7 Å². The molecule has 2 aromatic heterocycles. The van der Waals surface area contributed by atoms with Crippen LogP contribution in [-0.2, 0) is 10.0 Å². The predicted octanol–water partition coefficient (Wildman–Crippen LogP) is 1.86. The molecule has 0 radical (unpaired) electrons. The average Bonchev–Trinajstić information content (AvgIpc) is 2.80. The Hall–Kier alpha value is -2.07. The molecule has 0 atom stereocenters. The molecule has 1 amide bonds. The molecule has 0 unspecified atom stereocenters. The van der Waals surface area contributed by atoms with E-state index in [0.29, 0.717) is 0 Å². The van der Waals surface area contributed by atoms with Crippen molar-refractivity contribution in [2.75, 3.05) is 4.31 Å². The summed E-state index contributed by atoms with van der Waals surface area (Å²) >= 11 is 1.05. The van der Waals surface area contributed by atoms with Gasteiger partial charge in [-0.3, -0.25) is 0 Å². The number of amides is 1. The molecule has 0 bridgehead atoms. The number of hydrogen-bond donors (Lipinski definition) is 1. The molecule has 0 aromatic carbocycles. The Morgan fingerprint density at radius 3 is 2.65 bits per heavy atom. The zero-order chi connectivity index (χ0) is 14.9. The van der Waals surface area contributed by atoms with Crippen molar-refractivity contribution < 1.29 is 22.7 Å². The lowest BCUT2D eigenvalue weighted by Crippen LogP contribution is -2.36. The van der Waals surface area contributed by atoms with Crippen LogP contribution in [0.25, 0.3) is 0 Å². The molecule has 106 valence electrons. The molecule has 7 nitrogen and oxygen atoms in total. The third kappa shape index (κ3) is 2.47. The van der Waals surface area contributed by atoms with Gasteiger partial charge in [0.05, 0.1) is 11.2 Å². The minimum Gasteiger partial charge on any atom is -0.464 e. The van der Waals surface area contributed by atoms with Crippen LogP contribution in [0.2, 0.25) is 0 Å². The quantitative estimate of drug-likeness (QED) is 0.867. The largest absolute Gasteiger partial charge is 0.464 e. The monoisotopic (exact) mass is 317 g/mol. The maximum absolute atomic E-state index is 12.9. The van der Waals surface area contributed by atoms with E-state index in [9.17, 15) is 17.6 Å². The fraction of sp³-hybridized carbons (Fsp3) is 0.100. The average molecular weight is 317 g/mol. The summed E-state index contributed by atoms with van der Waals surface area (Å²) in [7, 11) is -4.42. The lowest BCUT2D eigenvalue weighted by Gasteiger charge is -2.17. The number of carbonyl (C=O) groups is 1. The van der Waals surface area contributed by atoms with Crippen LogP contribution in [0.5, 0.6) is 0 Å². The molecule has 1 N–H and O–H groups in total. The van der Waals surface area contributed by atoms with E-state index in [1.807, 2.05) is 0 Å². The van der Waals surface area contributed by atoms with E-state index in [-0.39, 0.29) is 15.8 Å². The summed E-state index contributed by atoms with van der Waals surface area (Å²) in [6.45, 7) is 1.27. The second-order valence-corrected chi connectivity index (χ2v) is 6.09. The second-order valence-electron chi connectivity index (χ2n) is 3.62. The van der Waals surface area contributed by atoms with Crippen molar-refractivity contribution in [2.45, 2.75) is 11.8 Å². The molecule has 0 saturated heterocycles. The summed E-state index contributed by atoms with van der Waals surface area (Å²) in [6, 6.07) is 1.82. The van der Waals surface area contributed by atoms with Gasteiger partial charge < -0.3 is 5.11 Å². The van der Waals surface area contributed by atoms with Gasteiger partial charge in [0.1, 0.15) is 4.90 Å². The van der Waals surface area contributed by atoms with Crippen LogP contribution in [0.3, 0.4) is 0 Å². The summed E-state index contributed by atoms with van der Waals surface area (Å²) < 4.78 is 37.8. The topological polar surface area (TPSA) is 100 Å². The highest BCUT2D eigenvalue weighted by Gasteiger charge is 2.33. The van der Waals surface area contributed by atoms with Crippen LogP contribution in [0, 0.1) is 12.9 Å². The van der Waals surface area contributed by atoms with Gasteiger partial charge in [0.15, 0.2) is 5.82 Å². The number of pyridine rings is 1. The number of halogens is 1. The van der Waals surface area contributed by atoms with Crippen molar-refractivity contribution in [3.63, 3.8) is 0 Å². The minimum absolute atomic E-state index is 0.130. The number of aryl methyl sites for hydroxylation is 1. The lowest BCUT2D eigenvalue weighted by molar-refractivity contribution is 0.206. The smallest absolute Gasteiger partial charge is 0.427 e. The fourth-order valence-electron chi connectivity index (χ4n) is 1.52. The number of thiazole rings is 1. The molecule has 0 fully saturated rings. The van der Waals surface area contributed by atoms with E-state index in [1.165, 1.54) is 17.8 Å². The highest BCUT2D eigenvalue weighted by Crippen LogP contribution is 2.25. The van der Waals surface area contributed by atoms with Crippen molar-refractivity contribution >= 4 is 33.3 Å². The number of nitrogens with zero attached hydrogens (tertiary/aromatic N) is 3. The summed E-state index contributed by atoms with van der Waals surface area (Å²) in [4.78, 5) is 17.9. The van der Waals surface area contributed by atoms with E-state index in [2.05, 4.69) is 9.97 Å². The number of sulfonamides is 1. The van der Waals surface area contributed by atoms with Crippen molar-refractivity contribution in [1.29, 1.82) is 0 Å². The van der Waals surface area contributed by atoms with Gasteiger partial charge >= 0.3 is 6.09 Å². The first-order chi connectivity index (χ1) is 9.34. The normalized spacial score (nSPS) is 11.3. The minimum atomic E-state index is -4.42. The van der Waals surface area contributed by atoms with Gasteiger partial charge in [-0.15, -0.1) is 15.6 Å². The Bertz CT molecular complexity index is 746. The Balaban J connectivity index is 2.60. The molecule has 2 rings (SSSR count). The molecule has 20 heavy (non-hydrogen) atoms. The summed E-state index contributed by atoms with van der Waals surface area (Å²) in [6.07, 6.45) is -1.71. The second kappa shape index (κ2) is 5.13. The molecular formula is C10H8FN3O4S2. The third-order valence-electron chi connectivity index (χ3n) is 2.32. The van der Waals surface area contributed by atoms with E-state index < -0.39 is 27.0 Å². The molecule has 0 spiro atoms. The highest BCUT2D eigenvalue weighted by atomic mass is 32.2. The van der Waals surface area contributed by atoms with E-state index in [1.54, 1.807) is 0 Å². The van der Waals surface area contributed by atoms with Crippen molar-refractivity contribution in [3.8, 4) is 0 Å². The number of anilines is 1. The van der Waals surface area contributed by atoms with Crippen LogP contribution in [0.4, 0.5) is 15.0 Å². The van der Waals surface area contributed by atoms with Crippen LogP contribution >= 0.6 is 11.3 Å². The van der Waals surface area contributed by atoms with Crippen molar-refractivity contribution in [1.82, 2.24) is 9.97 Å². The lowest BCUT2D eigenvalue weighted by atomic mass is 10.4. The van der Waals surface area contributed by atoms with Crippen LogP contribution in [0.15, 0.2) is 27.9 Å². The number of rotatable bonds is 3. The molecule has 0 aliphatic carbocycles. The zero-order valence-corrected chi connectivity index (χ0v) is 11.7.